The molecule has 0 atom stereocenters. The molecule has 0 fully saturated rings. The minimum absolute atomic E-state index is 0.0544. The molecule has 0 unspecified atom stereocenters. The summed E-state index contributed by atoms with van der Waals surface area (Å²) in [5.41, 5.74) is 1.25. The average molecular weight is 300 g/mol. The van der Waals surface area contributed by atoms with Gasteiger partial charge in [-0.15, -0.1) is 0 Å². The van der Waals surface area contributed by atoms with Gasteiger partial charge in [0.2, 0.25) is 0 Å². The monoisotopic (exact) mass is 299 g/mol. The van der Waals surface area contributed by atoms with E-state index in [0.29, 0.717) is 23.0 Å². The Morgan fingerprint density at radius 1 is 1.42 bits per heavy atom. The molecule has 1 aromatic heterocycles. The maximum atomic E-state index is 12.2. The van der Waals surface area contributed by atoms with Gasteiger partial charge in [0.1, 0.15) is 5.82 Å². The third-order valence-electron chi connectivity index (χ3n) is 2.66. The highest BCUT2D eigenvalue weighted by atomic mass is 35.5. The predicted octanol–water partition coefficient (Wildman–Crippen LogP) is 2.73. The van der Waals surface area contributed by atoms with Crippen LogP contribution in [0.25, 0.3) is 0 Å². The van der Waals surface area contributed by atoms with E-state index >= 15 is 0 Å². The standard InChI is InChI=1S/C12H14ClN3O2S/c1-3-11-14-7-12(15-11)19(17,18)16-10-5-4-9(13)6-8(10)2/h4-7,16H,3H2,1-2H3,(H,14,15). The molecule has 1 heterocycles. The van der Waals surface area contributed by atoms with E-state index in [2.05, 4.69) is 14.7 Å². The molecular formula is C12H14ClN3O2S. The number of aromatic nitrogens is 2. The molecule has 0 aliphatic rings. The van der Waals surface area contributed by atoms with Crippen molar-refractivity contribution in [3.8, 4) is 0 Å². The van der Waals surface area contributed by atoms with Crippen molar-refractivity contribution in [2.24, 2.45) is 0 Å². The fourth-order valence-electron chi connectivity index (χ4n) is 1.60. The van der Waals surface area contributed by atoms with Crippen LogP contribution >= 0.6 is 11.6 Å². The number of aryl methyl sites for hydroxylation is 2. The van der Waals surface area contributed by atoms with Crippen molar-refractivity contribution < 1.29 is 8.42 Å². The largest absolute Gasteiger partial charge is 0.332 e. The summed E-state index contributed by atoms with van der Waals surface area (Å²) in [4.78, 5) is 6.75. The highest BCUT2D eigenvalue weighted by Crippen LogP contribution is 2.22. The van der Waals surface area contributed by atoms with E-state index in [-0.39, 0.29) is 5.03 Å². The van der Waals surface area contributed by atoms with Crippen molar-refractivity contribution in [3.63, 3.8) is 0 Å². The Morgan fingerprint density at radius 2 is 2.16 bits per heavy atom. The lowest BCUT2D eigenvalue weighted by atomic mass is 10.2. The molecule has 0 saturated carbocycles. The first-order valence-electron chi connectivity index (χ1n) is 5.75. The van der Waals surface area contributed by atoms with Crippen LogP contribution in [0, 0.1) is 6.92 Å². The summed E-state index contributed by atoms with van der Waals surface area (Å²) in [6.07, 6.45) is 1.96. The summed E-state index contributed by atoms with van der Waals surface area (Å²) in [6, 6.07) is 4.97. The van der Waals surface area contributed by atoms with Gasteiger partial charge in [0.15, 0.2) is 5.03 Å². The Bertz CT molecular complexity index is 695. The second-order valence-electron chi connectivity index (χ2n) is 4.11. The van der Waals surface area contributed by atoms with Gasteiger partial charge in [-0.3, -0.25) is 4.72 Å². The molecule has 0 saturated heterocycles. The second kappa shape index (κ2) is 5.22. The van der Waals surface area contributed by atoms with Crippen molar-refractivity contribution in [2.45, 2.75) is 25.3 Å². The molecule has 102 valence electrons. The molecule has 0 aliphatic heterocycles. The smallest absolute Gasteiger partial charge is 0.278 e. The summed E-state index contributed by atoms with van der Waals surface area (Å²) in [5, 5.41) is 0.619. The summed E-state index contributed by atoms with van der Waals surface area (Å²) >= 11 is 5.83. The number of sulfonamides is 1. The molecule has 0 amide bonds. The fourth-order valence-corrected chi connectivity index (χ4v) is 2.90. The van der Waals surface area contributed by atoms with E-state index in [1.807, 2.05) is 6.92 Å². The Kier molecular flexibility index (Phi) is 3.82. The number of hydrogen-bond donors (Lipinski definition) is 2. The van der Waals surface area contributed by atoms with Gasteiger partial charge in [-0.2, -0.15) is 8.42 Å². The summed E-state index contributed by atoms with van der Waals surface area (Å²) in [6.45, 7) is 3.68. The first kappa shape index (κ1) is 13.9. The van der Waals surface area contributed by atoms with Crippen LogP contribution in [0.2, 0.25) is 5.02 Å². The van der Waals surface area contributed by atoms with Crippen molar-refractivity contribution in [3.05, 3.63) is 40.8 Å². The molecule has 0 aliphatic carbocycles. The number of nitrogens with zero attached hydrogens (tertiary/aromatic N) is 1. The van der Waals surface area contributed by atoms with Crippen molar-refractivity contribution in [1.29, 1.82) is 0 Å². The van der Waals surface area contributed by atoms with Crippen LogP contribution in [0.1, 0.15) is 18.3 Å². The normalized spacial score (nSPS) is 11.5. The number of benzene rings is 1. The molecule has 0 spiro atoms. The number of H-pyrrole nitrogens is 1. The zero-order chi connectivity index (χ0) is 14.0. The highest BCUT2D eigenvalue weighted by Gasteiger charge is 2.17. The topological polar surface area (TPSA) is 74.8 Å². The molecule has 2 aromatic rings. The van der Waals surface area contributed by atoms with E-state index in [4.69, 9.17) is 11.6 Å². The van der Waals surface area contributed by atoms with Gasteiger partial charge in [-0.25, -0.2) is 4.98 Å². The zero-order valence-electron chi connectivity index (χ0n) is 10.6. The minimum Gasteiger partial charge on any atom is -0.332 e. The maximum absolute atomic E-state index is 12.2. The van der Waals surface area contributed by atoms with Crippen LogP contribution in [0.15, 0.2) is 29.4 Å². The van der Waals surface area contributed by atoms with E-state index in [0.717, 1.165) is 5.56 Å². The number of halogens is 1. The third-order valence-corrected chi connectivity index (χ3v) is 4.17. The van der Waals surface area contributed by atoms with Gasteiger partial charge in [-0.1, -0.05) is 18.5 Å². The van der Waals surface area contributed by atoms with Crippen LogP contribution < -0.4 is 4.72 Å². The number of hydrogen-bond acceptors (Lipinski definition) is 3. The molecule has 5 nitrogen and oxygen atoms in total. The van der Waals surface area contributed by atoms with Crippen LogP contribution in [0.5, 0.6) is 0 Å². The number of nitrogens with one attached hydrogen (secondary N) is 2. The molecule has 1 aromatic carbocycles. The van der Waals surface area contributed by atoms with Gasteiger partial charge in [0.05, 0.1) is 11.9 Å². The van der Waals surface area contributed by atoms with Crippen molar-refractivity contribution in [1.82, 2.24) is 9.97 Å². The third kappa shape index (κ3) is 3.08. The summed E-state index contributed by atoms with van der Waals surface area (Å²) in [5.74, 6) is 0.633. The lowest BCUT2D eigenvalue weighted by molar-refractivity contribution is 0.598. The van der Waals surface area contributed by atoms with Gasteiger partial charge < -0.3 is 4.98 Å². The first-order chi connectivity index (χ1) is 8.92. The van der Waals surface area contributed by atoms with Gasteiger partial charge in [0.25, 0.3) is 10.0 Å². The Balaban J connectivity index is 2.30. The Labute approximate surface area is 117 Å². The molecule has 0 radical (unpaired) electrons. The lowest BCUT2D eigenvalue weighted by Gasteiger charge is -2.09. The quantitative estimate of drug-likeness (QED) is 0.911. The first-order valence-corrected chi connectivity index (χ1v) is 7.61. The molecule has 2 N–H and O–H groups in total. The van der Waals surface area contributed by atoms with Gasteiger partial charge in [0, 0.05) is 11.4 Å². The SMILES string of the molecule is CCc1ncc(S(=O)(=O)Nc2ccc(Cl)cc2C)[nH]1. The van der Waals surface area contributed by atoms with Gasteiger partial charge in [-0.05, 0) is 30.7 Å². The fraction of sp³-hybridized carbons (Fsp3) is 0.250. The van der Waals surface area contributed by atoms with Crippen molar-refractivity contribution >= 4 is 27.3 Å². The van der Waals surface area contributed by atoms with Gasteiger partial charge >= 0.3 is 0 Å². The van der Waals surface area contributed by atoms with Crippen LogP contribution in [0.3, 0.4) is 0 Å². The van der Waals surface area contributed by atoms with Crippen molar-refractivity contribution in [2.75, 3.05) is 4.72 Å². The second-order valence-corrected chi connectivity index (χ2v) is 6.20. The van der Waals surface area contributed by atoms with Crippen LogP contribution in [-0.2, 0) is 16.4 Å². The predicted molar refractivity (Wildman–Crippen MR) is 75.0 cm³/mol. The highest BCUT2D eigenvalue weighted by molar-refractivity contribution is 7.92. The number of anilines is 1. The van der Waals surface area contributed by atoms with Crippen LogP contribution in [0.4, 0.5) is 5.69 Å². The molecule has 2 rings (SSSR count). The molecule has 0 bridgehead atoms. The van der Waals surface area contributed by atoms with E-state index < -0.39 is 10.0 Å². The Morgan fingerprint density at radius 3 is 2.74 bits per heavy atom. The number of imidazole rings is 1. The molecule has 19 heavy (non-hydrogen) atoms. The molecule has 7 heteroatoms. The minimum atomic E-state index is -3.65. The van der Waals surface area contributed by atoms with E-state index in [1.54, 1.807) is 25.1 Å². The number of rotatable bonds is 4. The van der Waals surface area contributed by atoms with E-state index in [1.165, 1.54) is 6.20 Å². The van der Waals surface area contributed by atoms with Crippen LogP contribution in [-0.4, -0.2) is 18.4 Å². The summed E-state index contributed by atoms with van der Waals surface area (Å²) < 4.78 is 26.8. The Hall–Kier alpha value is -1.53. The maximum Gasteiger partial charge on any atom is 0.278 e. The zero-order valence-corrected chi connectivity index (χ0v) is 12.1. The average Bonchev–Trinajstić information content (AvgIpc) is 2.82. The summed E-state index contributed by atoms with van der Waals surface area (Å²) in [7, 11) is -3.65. The lowest BCUT2D eigenvalue weighted by Crippen LogP contribution is -2.14. The molecular weight excluding hydrogens is 286 g/mol. The number of aromatic amines is 1. The van der Waals surface area contributed by atoms with E-state index in [9.17, 15) is 8.42 Å².